The van der Waals surface area contributed by atoms with E-state index in [9.17, 15) is 4.39 Å². The van der Waals surface area contributed by atoms with Gasteiger partial charge in [-0.15, -0.1) is 0 Å². The molecule has 0 amide bonds. The largest absolute Gasteiger partial charge is 0.488 e. The predicted octanol–water partition coefficient (Wildman–Crippen LogP) is 2.61. The van der Waals surface area contributed by atoms with Crippen LogP contribution in [-0.4, -0.2) is 47.2 Å². The highest BCUT2D eigenvalue weighted by atomic mass is 19.1. The summed E-state index contributed by atoms with van der Waals surface area (Å²) in [7, 11) is 0. The van der Waals surface area contributed by atoms with E-state index in [1.165, 1.54) is 18.5 Å². The first-order valence-corrected chi connectivity index (χ1v) is 9.53. The molecule has 0 saturated carbocycles. The molecule has 2 aliphatic rings. The minimum Gasteiger partial charge on any atom is -0.488 e. The van der Waals surface area contributed by atoms with Crippen molar-refractivity contribution in [1.82, 2.24) is 9.97 Å². The molecule has 0 aliphatic carbocycles. The van der Waals surface area contributed by atoms with Gasteiger partial charge in [0, 0.05) is 42.9 Å². The van der Waals surface area contributed by atoms with E-state index in [1.807, 2.05) is 6.21 Å². The summed E-state index contributed by atoms with van der Waals surface area (Å²) in [6.45, 7) is 5.13. The van der Waals surface area contributed by atoms with E-state index < -0.39 is 5.82 Å². The first kappa shape index (κ1) is 19.1. The number of anilines is 2. The molecule has 152 valence electrons. The van der Waals surface area contributed by atoms with Crippen LogP contribution in [0.15, 0.2) is 29.7 Å². The van der Waals surface area contributed by atoms with Gasteiger partial charge in [0.1, 0.15) is 18.2 Å². The minimum atomic E-state index is -0.556. The Morgan fingerprint density at radius 1 is 1.34 bits per heavy atom. The van der Waals surface area contributed by atoms with E-state index in [4.69, 9.17) is 20.7 Å². The second-order valence-electron chi connectivity index (χ2n) is 7.47. The third-order valence-corrected chi connectivity index (χ3v) is 5.01. The van der Waals surface area contributed by atoms with Crippen molar-refractivity contribution in [3.63, 3.8) is 0 Å². The van der Waals surface area contributed by atoms with Gasteiger partial charge in [0.25, 0.3) is 0 Å². The third-order valence-electron chi connectivity index (χ3n) is 5.01. The average Bonchev–Trinajstić information content (AvgIpc) is 3.17. The first-order valence-electron chi connectivity index (χ1n) is 9.53. The number of hydrogen-bond donors (Lipinski definition) is 2. The Labute approximate surface area is 168 Å². The Balaban J connectivity index is 1.60. The van der Waals surface area contributed by atoms with Crippen LogP contribution in [0.25, 0.3) is 0 Å². The van der Waals surface area contributed by atoms with Crippen molar-refractivity contribution < 1.29 is 14.0 Å². The van der Waals surface area contributed by atoms with E-state index >= 15 is 0 Å². The molecule has 1 saturated heterocycles. The lowest BCUT2D eigenvalue weighted by Crippen LogP contribution is -2.43. The van der Waals surface area contributed by atoms with Gasteiger partial charge in [0.05, 0.1) is 29.6 Å². The second kappa shape index (κ2) is 7.65. The summed E-state index contributed by atoms with van der Waals surface area (Å²) in [6.07, 6.45) is 4.03. The molecule has 29 heavy (non-hydrogen) atoms. The number of aromatic nitrogens is 2. The van der Waals surface area contributed by atoms with Gasteiger partial charge in [0.15, 0.2) is 11.6 Å². The molecule has 1 aromatic heterocycles. The number of ether oxygens (including phenoxy) is 1. The van der Waals surface area contributed by atoms with Gasteiger partial charge in [-0.3, -0.25) is 5.41 Å². The molecule has 0 bridgehead atoms. The summed E-state index contributed by atoms with van der Waals surface area (Å²) in [6, 6.07) is 4.38. The topological polar surface area (TPSA) is 110 Å². The predicted molar refractivity (Wildman–Crippen MR) is 108 cm³/mol. The number of fused-ring (bicyclic) bond motifs is 1. The van der Waals surface area contributed by atoms with Crippen LogP contribution in [-0.2, 0) is 4.84 Å². The van der Waals surface area contributed by atoms with Gasteiger partial charge in [0.2, 0.25) is 0 Å². The van der Waals surface area contributed by atoms with Crippen LogP contribution in [0.1, 0.15) is 31.5 Å². The minimum absolute atomic E-state index is 0.0609. The molecular weight excluding hydrogens is 375 g/mol. The summed E-state index contributed by atoms with van der Waals surface area (Å²) in [4.78, 5) is 16.1. The van der Waals surface area contributed by atoms with Crippen molar-refractivity contribution in [3.8, 4) is 5.75 Å². The van der Waals surface area contributed by atoms with Gasteiger partial charge >= 0.3 is 0 Å². The van der Waals surface area contributed by atoms with Crippen LogP contribution in [0.3, 0.4) is 0 Å². The summed E-state index contributed by atoms with van der Waals surface area (Å²) < 4.78 is 19.6. The number of halogens is 1. The molecule has 0 radical (unpaired) electrons. The molecule has 1 fully saturated rings. The summed E-state index contributed by atoms with van der Waals surface area (Å²) in [5.41, 5.74) is 6.99. The molecule has 9 heteroatoms. The quantitative estimate of drug-likeness (QED) is 0.592. The number of nitrogen functional groups attached to an aromatic ring is 1. The fourth-order valence-corrected chi connectivity index (χ4v) is 3.56. The Hall–Kier alpha value is -3.23. The lowest BCUT2D eigenvalue weighted by atomic mass is 9.96. The zero-order valence-corrected chi connectivity index (χ0v) is 16.3. The highest BCUT2D eigenvalue weighted by Gasteiger charge is 2.33. The summed E-state index contributed by atoms with van der Waals surface area (Å²) in [5.74, 6) is 0.452. The van der Waals surface area contributed by atoms with Crippen molar-refractivity contribution >= 4 is 23.4 Å². The number of nitrogens with one attached hydrogen (secondary N) is 1. The number of rotatable bonds is 5. The second-order valence-corrected chi connectivity index (χ2v) is 7.47. The van der Waals surface area contributed by atoms with Crippen molar-refractivity contribution in [1.29, 1.82) is 5.41 Å². The van der Waals surface area contributed by atoms with Crippen LogP contribution >= 0.6 is 0 Å². The normalized spacial score (nSPS) is 20.5. The van der Waals surface area contributed by atoms with Gasteiger partial charge in [-0.05, 0) is 19.9 Å². The monoisotopic (exact) mass is 398 g/mol. The molecule has 4 rings (SSSR count). The maximum atomic E-state index is 14.1. The van der Waals surface area contributed by atoms with Gasteiger partial charge < -0.3 is 20.2 Å². The fraction of sp³-hybridized carbons (Fsp3) is 0.400. The van der Waals surface area contributed by atoms with E-state index in [-0.39, 0.29) is 35.3 Å². The fourth-order valence-electron chi connectivity index (χ4n) is 3.56. The molecule has 8 nitrogen and oxygen atoms in total. The lowest BCUT2D eigenvalue weighted by molar-refractivity contribution is 0.0497. The van der Waals surface area contributed by atoms with E-state index in [1.54, 1.807) is 19.9 Å². The van der Waals surface area contributed by atoms with Gasteiger partial charge in [-0.2, -0.15) is 0 Å². The molecule has 2 unspecified atom stereocenters. The molecule has 2 atom stereocenters. The average molecular weight is 398 g/mol. The van der Waals surface area contributed by atoms with Gasteiger partial charge in [-0.25, -0.2) is 14.4 Å². The number of piperidine rings is 1. The Morgan fingerprint density at radius 3 is 2.97 bits per heavy atom. The van der Waals surface area contributed by atoms with E-state index in [0.29, 0.717) is 11.3 Å². The smallest absolute Gasteiger partial charge is 0.167 e. The van der Waals surface area contributed by atoms with Crippen LogP contribution in [0.2, 0.25) is 0 Å². The summed E-state index contributed by atoms with van der Waals surface area (Å²) in [5, 5.41) is 12.5. The molecule has 3 heterocycles. The molecule has 0 spiro atoms. The molecular formula is C20H23FN6O2. The first-order chi connectivity index (χ1) is 13.9. The number of nitrogens with zero attached hydrogens (tertiary/aromatic N) is 4. The molecule has 2 aromatic rings. The number of benzene rings is 1. The SMILES string of the molecule is CC(C)Oc1cc(C(=N)c2cc(N3CCC4ON=CC4C3)ncn2)c(N)cc1F. The van der Waals surface area contributed by atoms with Gasteiger partial charge in [-0.1, -0.05) is 5.16 Å². The van der Waals surface area contributed by atoms with Crippen molar-refractivity contribution in [2.45, 2.75) is 32.5 Å². The number of oxime groups is 1. The zero-order valence-electron chi connectivity index (χ0n) is 16.3. The van der Waals surface area contributed by atoms with Crippen molar-refractivity contribution in [2.24, 2.45) is 11.1 Å². The summed E-state index contributed by atoms with van der Waals surface area (Å²) >= 11 is 0. The maximum Gasteiger partial charge on any atom is 0.167 e. The zero-order chi connectivity index (χ0) is 20.5. The van der Waals surface area contributed by atoms with Crippen molar-refractivity contribution in [3.05, 3.63) is 41.6 Å². The molecule has 2 aliphatic heterocycles. The van der Waals surface area contributed by atoms with Crippen LogP contribution in [0.4, 0.5) is 15.9 Å². The van der Waals surface area contributed by atoms with Crippen LogP contribution in [0, 0.1) is 17.1 Å². The Morgan fingerprint density at radius 2 is 2.17 bits per heavy atom. The Bertz CT molecular complexity index is 964. The standard InChI is InChI=1S/C20H23FN6O2/c1-11(2)28-18-5-13(15(22)6-14(18)21)20(23)16-7-19(25-10-24-16)27-4-3-17-12(9-27)8-26-29-17/h5-8,10-12,17,23H,3-4,9,22H2,1-2H3. The van der Waals surface area contributed by atoms with E-state index in [0.717, 1.165) is 25.3 Å². The number of nitrogens with two attached hydrogens (primary N) is 1. The maximum absolute atomic E-state index is 14.1. The molecule has 3 N–H and O–H groups in total. The third kappa shape index (κ3) is 3.85. The highest BCUT2D eigenvalue weighted by molar-refractivity contribution is 6.13. The Kier molecular flexibility index (Phi) is 5.04. The number of hydrogen-bond acceptors (Lipinski definition) is 8. The highest BCUT2D eigenvalue weighted by Crippen LogP contribution is 2.29. The van der Waals surface area contributed by atoms with Crippen LogP contribution in [0.5, 0.6) is 5.75 Å². The van der Waals surface area contributed by atoms with Crippen LogP contribution < -0.4 is 15.4 Å². The lowest BCUT2D eigenvalue weighted by Gasteiger charge is -2.33. The van der Waals surface area contributed by atoms with Crippen molar-refractivity contribution in [2.75, 3.05) is 23.7 Å². The molecule has 1 aromatic carbocycles. The van der Waals surface area contributed by atoms with E-state index in [2.05, 4.69) is 20.0 Å².